The zero-order valence-corrected chi connectivity index (χ0v) is 60.2. The number of methoxy groups -OCH3 is 2. The minimum atomic E-state index is -0.467. The van der Waals surface area contributed by atoms with Gasteiger partial charge in [-0.1, -0.05) is 171 Å². The first-order chi connectivity index (χ1) is 36.5. The third-order valence-corrected chi connectivity index (χ3v) is 7.59. The Labute approximate surface area is 612 Å². The number of ketones is 2. The van der Waals surface area contributed by atoms with Crippen molar-refractivity contribution in [1.29, 1.82) is 0 Å². The van der Waals surface area contributed by atoms with Gasteiger partial charge in [0, 0.05) is 114 Å². The smallest absolute Gasteiger partial charge is 0 e. The van der Waals surface area contributed by atoms with Crippen LogP contribution in [-0.4, -0.2) is 205 Å². The second-order valence-corrected chi connectivity index (χ2v) is 18.6. The number of rotatable bonds is 30. The van der Waals surface area contributed by atoms with Crippen molar-refractivity contribution in [3.8, 4) is 0 Å². The van der Waals surface area contributed by atoms with Gasteiger partial charge >= 0.3 is 45.8 Å². The van der Waals surface area contributed by atoms with E-state index >= 15 is 0 Å². The minimum Gasteiger partial charge on any atom is 0 e. The number of alkyl halides is 4. The van der Waals surface area contributed by atoms with Gasteiger partial charge in [-0.25, -0.2) is 4.79 Å². The van der Waals surface area contributed by atoms with E-state index in [1.807, 2.05) is 27.7 Å². The molecule has 29 nitrogen and oxygen atoms in total. The summed E-state index contributed by atoms with van der Waals surface area (Å²) in [6, 6.07) is 0. The molecule has 0 aromatic carbocycles. The van der Waals surface area contributed by atoms with Crippen LogP contribution in [0.5, 0.6) is 0 Å². The standard InChI is InChI=1S/C11H20O5.C8H16N2O4.C8H16O3.2C5H12O2.2C2H4Br2O.C2H8N2O.3CO.7CH4.O2.H2O.3Pd/c1-9(12)5-15-6-10(13)16-8-11(2,3)7-14-4;1-7(11)3-13-4-8(12)10-6-14-5-9-2;1-7(9)11-6-8(2,3)5-10-4;2*1-5(2,3-6)4-7;3*3-1-5-2-4;3*1-2;;;;;;;;1-2;;;;/h5-8H2,1-4H3;9H,3-6H2,1-2H3,(H,10,12);5-6H2,1-4H3;2*6-7H,3-4H2,1-2H3;2*1-2H2;1-4H2;;;;7*1H4;;1H2;;;. The van der Waals surface area contributed by atoms with Crippen LogP contribution in [0.3, 0.4) is 0 Å². The molecular formula is C53H122Br4N4O25Pd3. The third-order valence-electron chi connectivity index (χ3n) is 6.30. The maximum absolute atomic E-state index is 11.2. The predicted octanol–water partition coefficient (Wildman–Crippen LogP) is 6.71. The number of aliphatic hydroxyl groups is 4. The van der Waals surface area contributed by atoms with Crippen molar-refractivity contribution in [2.24, 2.45) is 33.1 Å². The maximum atomic E-state index is 11.2. The molecule has 1 amide bonds. The molecule has 89 heavy (non-hydrogen) atoms. The van der Waals surface area contributed by atoms with E-state index in [1.54, 1.807) is 49.0 Å². The van der Waals surface area contributed by atoms with Gasteiger partial charge in [0.25, 0.3) is 0 Å². The Balaban J connectivity index is -0.0000000265. The van der Waals surface area contributed by atoms with Crippen molar-refractivity contribution in [2.45, 2.75) is 128 Å². The number of amides is 1. The average molecular weight is 1850 g/mol. The van der Waals surface area contributed by atoms with Crippen LogP contribution in [0.1, 0.15) is 128 Å². The van der Waals surface area contributed by atoms with E-state index in [-0.39, 0.29) is 243 Å². The number of ether oxygens (including phenoxy) is 10. The van der Waals surface area contributed by atoms with E-state index in [1.165, 1.54) is 20.8 Å². The third kappa shape index (κ3) is 208. The SMILES string of the molecule is BrCOCBr.BrCOCBr.C.C.C.C.C.C.C.CC(C)(CO)CO.CC(C)(CO)CO.CNCOCNC(=O)COCC(C)=O.COCC(C)(C)COC(=O)COCC(C)=O.COCC(C)(C)COC(C)=O.NCOCN.O.O=O.[C-]#[O+].[C-]#[O+].[C-]#[O+].[Pd].[Pd].[Pd]. The molecule has 0 spiro atoms. The summed E-state index contributed by atoms with van der Waals surface area (Å²) in [5, 5.41) is 38.9. The number of nitrogens with one attached hydrogen (secondary N) is 2. The Hall–Kier alpha value is -0.163. The number of hydrogen-bond acceptors (Lipinski definition) is 24. The van der Waals surface area contributed by atoms with Crippen LogP contribution >= 0.6 is 63.7 Å². The molecule has 562 valence electrons. The van der Waals surface area contributed by atoms with Gasteiger partial charge in [-0.15, -0.1) is 0 Å². The first-order valence-corrected chi connectivity index (χ1v) is 26.5. The fourth-order valence-electron chi connectivity index (χ4n) is 2.61. The van der Waals surface area contributed by atoms with Crippen molar-refractivity contribution in [2.75, 3.05) is 150 Å². The van der Waals surface area contributed by atoms with E-state index < -0.39 is 5.97 Å². The molecule has 0 aliphatic carbocycles. The van der Waals surface area contributed by atoms with E-state index in [2.05, 4.69) is 109 Å². The Morgan fingerprint density at radius 3 is 0.933 bits per heavy atom. The zero-order valence-electron chi connectivity index (χ0n) is 49.2. The molecule has 0 saturated heterocycles. The van der Waals surface area contributed by atoms with Crippen molar-refractivity contribution >= 4 is 93.1 Å². The topological polar surface area (TPSA) is 460 Å². The molecule has 0 aromatic heterocycles. The van der Waals surface area contributed by atoms with Crippen molar-refractivity contribution in [1.82, 2.24) is 10.6 Å². The number of esters is 2. The fraction of sp³-hybridized carbons (Fsp3) is 0.849. The number of halogens is 4. The molecule has 0 bridgehead atoms. The summed E-state index contributed by atoms with van der Waals surface area (Å²) in [6.45, 7) is 35.2. The molecule has 0 aliphatic rings. The van der Waals surface area contributed by atoms with Crippen LogP contribution in [0, 0.1) is 51.5 Å². The molecule has 36 heteroatoms. The van der Waals surface area contributed by atoms with Gasteiger partial charge in [0.15, 0.2) is 11.6 Å². The van der Waals surface area contributed by atoms with E-state index in [0.29, 0.717) is 48.6 Å². The first-order valence-electron chi connectivity index (χ1n) is 22.0. The largest absolute Gasteiger partial charge is 0 e. The van der Waals surface area contributed by atoms with Crippen LogP contribution in [0.4, 0.5) is 0 Å². The fourth-order valence-corrected chi connectivity index (χ4v) is 4.12. The molecular weight excluding hydrogens is 1730 g/mol. The van der Waals surface area contributed by atoms with Crippen LogP contribution in [0.25, 0.3) is 0 Å². The van der Waals surface area contributed by atoms with Crippen LogP contribution < -0.4 is 22.1 Å². The number of carbonyl (C=O) groups excluding carboxylic acids is 5. The van der Waals surface area contributed by atoms with Gasteiger partial charge in [-0.3, -0.25) is 24.5 Å². The molecule has 0 saturated carbocycles. The second kappa shape index (κ2) is 132. The number of aliphatic hydroxyl groups excluding tert-OH is 4. The molecule has 0 aliphatic heterocycles. The van der Waals surface area contributed by atoms with Crippen LogP contribution in [0.15, 0.2) is 0 Å². The Kier molecular flexibility index (Phi) is 235. The predicted molar refractivity (Wildman–Crippen MR) is 352 cm³/mol. The normalized spacial score (nSPS) is 8.38. The summed E-state index contributed by atoms with van der Waals surface area (Å²) in [6.07, 6.45) is 0. The van der Waals surface area contributed by atoms with Gasteiger partial charge < -0.3 is 90.1 Å². The van der Waals surface area contributed by atoms with Crippen LogP contribution in [-0.2, 0) is 147 Å². The number of carbonyl (C=O) groups is 5. The summed E-state index contributed by atoms with van der Waals surface area (Å²) in [5.74, 6) is -1.24. The molecule has 0 atom stereocenters. The van der Waals surface area contributed by atoms with Crippen LogP contribution in [0.2, 0.25) is 0 Å². The molecule has 0 rings (SSSR count). The molecule has 0 heterocycles. The van der Waals surface area contributed by atoms with E-state index in [0.717, 1.165) is 0 Å². The van der Waals surface area contributed by atoms with Gasteiger partial charge in [-0.2, -0.15) is 0 Å². The van der Waals surface area contributed by atoms with Crippen molar-refractivity contribution in [3.05, 3.63) is 29.9 Å². The van der Waals surface area contributed by atoms with Gasteiger partial charge in [0.05, 0.1) is 73.0 Å². The Morgan fingerprint density at radius 1 is 0.461 bits per heavy atom. The summed E-state index contributed by atoms with van der Waals surface area (Å²) >= 11 is 12.2. The molecule has 0 radical (unpaired) electrons. The van der Waals surface area contributed by atoms with E-state index in [4.69, 9.17) is 88.9 Å². The van der Waals surface area contributed by atoms with Gasteiger partial charge in [0.1, 0.15) is 55.2 Å². The summed E-state index contributed by atoms with van der Waals surface area (Å²) in [4.78, 5) is 67.5. The molecule has 0 fully saturated rings. The van der Waals surface area contributed by atoms with Gasteiger partial charge in [-0.05, 0) is 20.9 Å². The quantitative estimate of drug-likeness (QED) is 0.00704. The Morgan fingerprint density at radius 2 is 0.742 bits per heavy atom. The number of Topliss-reactive ketones (excluding diaryl/α,β-unsaturated/α-hetero) is 2. The summed E-state index contributed by atoms with van der Waals surface area (Å²) in [7, 11) is 4.97. The molecule has 12 N–H and O–H groups in total. The van der Waals surface area contributed by atoms with Crippen molar-refractivity contribution in [3.63, 3.8) is 0 Å². The van der Waals surface area contributed by atoms with Gasteiger partial charge in [0.2, 0.25) is 5.91 Å². The summed E-state index contributed by atoms with van der Waals surface area (Å²) in [5.41, 5.74) is 11.2. The minimum absolute atomic E-state index is 0. The Bertz CT molecular complexity index is 1290. The monoisotopic (exact) mass is 1850 g/mol. The maximum Gasteiger partial charge on any atom is 0 e. The summed E-state index contributed by atoms with van der Waals surface area (Å²) < 4.78 is 70.5. The van der Waals surface area contributed by atoms with E-state index in [9.17, 15) is 24.0 Å². The number of hydrogen-bond donors (Lipinski definition) is 8. The zero-order chi connectivity index (χ0) is 64.5. The molecule has 0 unspecified atom stereocenters. The van der Waals surface area contributed by atoms with Crippen molar-refractivity contribution < 1.29 is 172 Å². The molecule has 0 aromatic rings. The first kappa shape index (κ1) is 158. The average Bonchev–Trinajstić information content (AvgIpc) is 3.40. The second-order valence-electron chi connectivity index (χ2n) is 16.8. The number of nitrogens with two attached hydrogens (primary N) is 2.